The van der Waals surface area contributed by atoms with E-state index >= 15 is 0 Å². The number of benzene rings is 1. The van der Waals surface area contributed by atoms with Gasteiger partial charge in [0.05, 0.1) is 11.3 Å². The molecule has 4 aliphatic rings. The number of thioether (sulfide) groups is 1. The maximum Gasteiger partial charge on any atom is 0.339 e. The molecular weight excluding hydrogens is 374 g/mol. The van der Waals surface area contributed by atoms with Crippen molar-refractivity contribution < 1.29 is 19.1 Å². The Kier molecular flexibility index (Phi) is 5.50. The normalized spacial score (nSPS) is 30.1. The molecule has 4 aliphatic carbocycles. The van der Waals surface area contributed by atoms with Crippen LogP contribution in [0.5, 0.6) is 0 Å². The van der Waals surface area contributed by atoms with Gasteiger partial charge < -0.3 is 10.1 Å². The van der Waals surface area contributed by atoms with Crippen molar-refractivity contribution >= 4 is 29.4 Å². The molecule has 0 radical (unpaired) electrons. The molecule has 150 valence electrons. The maximum atomic E-state index is 12.5. The first kappa shape index (κ1) is 19.5. The van der Waals surface area contributed by atoms with E-state index in [4.69, 9.17) is 4.74 Å². The summed E-state index contributed by atoms with van der Waals surface area (Å²) in [7, 11) is 0. The molecule has 1 aromatic rings. The van der Waals surface area contributed by atoms with Crippen molar-refractivity contribution in [2.24, 2.45) is 17.8 Å². The summed E-state index contributed by atoms with van der Waals surface area (Å²) in [6.45, 7) is 1.26. The average Bonchev–Trinajstić information content (AvgIpc) is 2.63. The molecule has 0 saturated heterocycles. The predicted molar refractivity (Wildman–Crippen MR) is 107 cm³/mol. The smallest absolute Gasteiger partial charge is 0.339 e. The summed E-state index contributed by atoms with van der Waals surface area (Å²) < 4.78 is 5.30. The number of ether oxygens (including phenoxy) is 1. The van der Waals surface area contributed by atoms with Gasteiger partial charge in [0.15, 0.2) is 6.61 Å². The van der Waals surface area contributed by atoms with Crippen LogP contribution in [0.1, 0.15) is 55.8 Å². The number of carbonyl (C=O) groups excluding carboxylic acids is 3. The van der Waals surface area contributed by atoms with E-state index in [-0.39, 0.29) is 23.8 Å². The third-order valence-corrected chi connectivity index (χ3v) is 7.53. The van der Waals surface area contributed by atoms with Crippen LogP contribution < -0.4 is 5.32 Å². The van der Waals surface area contributed by atoms with Crippen molar-refractivity contribution in [2.45, 2.75) is 55.9 Å². The zero-order valence-electron chi connectivity index (χ0n) is 16.2. The average molecular weight is 402 g/mol. The molecule has 4 fully saturated rings. The minimum Gasteiger partial charge on any atom is -0.452 e. The molecular formula is C22H27NO4S. The molecule has 1 aromatic carbocycles. The van der Waals surface area contributed by atoms with Crippen LogP contribution >= 0.6 is 11.8 Å². The molecule has 0 atom stereocenters. The highest BCUT2D eigenvalue weighted by Crippen LogP contribution is 2.55. The number of nitrogens with one attached hydrogen (secondary N) is 1. The van der Waals surface area contributed by atoms with Crippen LogP contribution in [-0.4, -0.2) is 35.6 Å². The third kappa shape index (κ3) is 4.27. The molecule has 5 rings (SSSR count). The summed E-state index contributed by atoms with van der Waals surface area (Å²) in [5, 5.41) is 3.22. The number of esters is 1. The Morgan fingerprint density at radius 3 is 2.29 bits per heavy atom. The standard InChI is InChI=1S/C22H27NO4S/c1-14(24)13-28-19-5-3-2-4-18(19)21(26)27-12-20(25)23-22-9-15-6-16(10-22)8-17(7-15)11-22/h2-5,15-17H,6-13H2,1H3,(H,23,25). The maximum absolute atomic E-state index is 12.5. The number of ketones is 1. The Hall–Kier alpha value is -1.82. The number of rotatable bonds is 7. The highest BCUT2D eigenvalue weighted by molar-refractivity contribution is 8.00. The van der Waals surface area contributed by atoms with Gasteiger partial charge in [-0.1, -0.05) is 12.1 Å². The van der Waals surface area contributed by atoms with Gasteiger partial charge in [-0.25, -0.2) is 4.79 Å². The summed E-state index contributed by atoms with van der Waals surface area (Å²) in [4.78, 5) is 36.9. The second-order valence-electron chi connectivity index (χ2n) is 8.81. The summed E-state index contributed by atoms with van der Waals surface area (Å²) >= 11 is 1.31. The number of amides is 1. The molecule has 0 spiro atoms. The van der Waals surface area contributed by atoms with E-state index in [1.54, 1.807) is 18.2 Å². The van der Waals surface area contributed by atoms with Crippen LogP contribution in [0.3, 0.4) is 0 Å². The fourth-order valence-electron chi connectivity index (χ4n) is 5.74. The summed E-state index contributed by atoms with van der Waals surface area (Å²) in [6, 6.07) is 7.03. The number of hydrogen-bond donors (Lipinski definition) is 1. The first-order chi connectivity index (χ1) is 13.4. The van der Waals surface area contributed by atoms with Crippen molar-refractivity contribution in [3.8, 4) is 0 Å². The first-order valence-corrected chi connectivity index (χ1v) is 11.1. The SMILES string of the molecule is CC(=O)CSc1ccccc1C(=O)OCC(=O)NC12CC3CC(CC(C3)C1)C2. The second kappa shape index (κ2) is 7.90. The first-order valence-electron chi connectivity index (χ1n) is 10.1. The summed E-state index contributed by atoms with van der Waals surface area (Å²) in [5.41, 5.74) is 0.323. The fraction of sp³-hybridized carbons (Fsp3) is 0.591. The fourth-order valence-corrected chi connectivity index (χ4v) is 6.59. The van der Waals surface area contributed by atoms with E-state index in [9.17, 15) is 14.4 Å². The second-order valence-corrected chi connectivity index (χ2v) is 9.83. The minimum atomic E-state index is -0.521. The largest absolute Gasteiger partial charge is 0.452 e. The van der Waals surface area contributed by atoms with Gasteiger partial charge in [0.2, 0.25) is 0 Å². The molecule has 0 aliphatic heterocycles. The molecule has 4 bridgehead atoms. The molecule has 6 heteroatoms. The van der Waals surface area contributed by atoms with Crippen molar-refractivity contribution in [1.29, 1.82) is 0 Å². The van der Waals surface area contributed by atoms with Gasteiger partial charge in [0, 0.05) is 10.4 Å². The lowest BCUT2D eigenvalue weighted by Crippen LogP contribution is -2.60. The summed E-state index contributed by atoms with van der Waals surface area (Å²) in [6.07, 6.45) is 7.17. The molecule has 0 aromatic heterocycles. The van der Waals surface area contributed by atoms with Gasteiger partial charge in [0.25, 0.3) is 5.91 Å². The Morgan fingerprint density at radius 2 is 1.68 bits per heavy atom. The van der Waals surface area contributed by atoms with E-state index in [1.807, 2.05) is 6.07 Å². The molecule has 28 heavy (non-hydrogen) atoms. The molecule has 1 amide bonds. The molecule has 0 unspecified atom stereocenters. The lowest BCUT2D eigenvalue weighted by Gasteiger charge is -2.56. The highest BCUT2D eigenvalue weighted by Gasteiger charge is 2.51. The lowest BCUT2D eigenvalue weighted by molar-refractivity contribution is -0.130. The summed E-state index contributed by atoms with van der Waals surface area (Å²) in [5.74, 6) is 1.87. The van der Waals surface area contributed by atoms with Crippen LogP contribution in [0.15, 0.2) is 29.2 Å². The van der Waals surface area contributed by atoms with Gasteiger partial charge in [-0.2, -0.15) is 0 Å². The monoisotopic (exact) mass is 401 g/mol. The zero-order valence-corrected chi connectivity index (χ0v) is 17.1. The predicted octanol–water partition coefficient (Wildman–Crippen LogP) is 3.61. The molecule has 5 nitrogen and oxygen atoms in total. The Balaban J connectivity index is 1.33. The number of carbonyl (C=O) groups is 3. The number of hydrogen-bond acceptors (Lipinski definition) is 5. The number of Topliss-reactive ketones (excluding diaryl/α,β-unsaturated/α-hetero) is 1. The van der Waals surface area contributed by atoms with E-state index in [0.717, 1.165) is 37.0 Å². The Labute approximate surface area is 170 Å². The minimum absolute atomic E-state index is 0.0446. The van der Waals surface area contributed by atoms with Gasteiger partial charge >= 0.3 is 5.97 Å². The van der Waals surface area contributed by atoms with Crippen molar-refractivity contribution in [2.75, 3.05) is 12.4 Å². The zero-order chi connectivity index (χ0) is 19.7. The van der Waals surface area contributed by atoms with Crippen LogP contribution in [0.2, 0.25) is 0 Å². The molecule has 0 heterocycles. The van der Waals surface area contributed by atoms with Crippen LogP contribution in [-0.2, 0) is 14.3 Å². The van der Waals surface area contributed by atoms with Gasteiger partial charge in [-0.15, -0.1) is 11.8 Å². The van der Waals surface area contributed by atoms with E-state index in [0.29, 0.717) is 16.2 Å². The van der Waals surface area contributed by atoms with Gasteiger partial charge in [0.1, 0.15) is 5.78 Å². The highest BCUT2D eigenvalue weighted by atomic mass is 32.2. The van der Waals surface area contributed by atoms with E-state index in [1.165, 1.54) is 37.9 Å². The van der Waals surface area contributed by atoms with E-state index < -0.39 is 5.97 Å². The molecule has 4 saturated carbocycles. The van der Waals surface area contributed by atoms with Crippen LogP contribution in [0, 0.1) is 17.8 Å². The van der Waals surface area contributed by atoms with Crippen LogP contribution in [0.25, 0.3) is 0 Å². The molecule has 1 N–H and O–H groups in total. The van der Waals surface area contributed by atoms with Gasteiger partial charge in [-0.05, 0) is 75.3 Å². The van der Waals surface area contributed by atoms with Crippen LogP contribution in [0.4, 0.5) is 0 Å². The van der Waals surface area contributed by atoms with Crippen molar-refractivity contribution in [3.05, 3.63) is 29.8 Å². The van der Waals surface area contributed by atoms with E-state index in [2.05, 4.69) is 5.32 Å². The third-order valence-electron chi connectivity index (χ3n) is 6.32. The lowest BCUT2D eigenvalue weighted by atomic mass is 9.53. The quantitative estimate of drug-likeness (QED) is 0.558. The Morgan fingerprint density at radius 1 is 1.07 bits per heavy atom. The Bertz CT molecular complexity index is 755. The van der Waals surface area contributed by atoms with Gasteiger partial charge in [-0.3, -0.25) is 9.59 Å². The van der Waals surface area contributed by atoms with Crippen molar-refractivity contribution in [1.82, 2.24) is 5.32 Å². The van der Waals surface area contributed by atoms with Crippen molar-refractivity contribution in [3.63, 3.8) is 0 Å². The topological polar surface area (TPSA) is 72.5 Å².